The van der Waals surface area contributed by atoms with Gasteiger partial charge in [0.2, 0.25) is 0 Å². The predicted molar refractivity (Wildman–Crippen MR) is 104 cm³/mol. The second kappa shape index (κ2) is 8.06. The minimum absolute atomic E-state index is 0.489. The number of nitrogens with one attached hydrogen (secondary N) is 1. The predicted octanol–water partition coefficient (Wildman–Crippen LogP) is 1.99. The summed E-state index contributed by atoms with van der Waals surface area (Å²) in [5.74, 6) is 2.67. The number of nitrogens with zero attached hydrogens (tertiary/aromatic N) is 3. The van der Waals surface area contributed by atoms with Crippen LogP contribution in [0.3, 0.4) is 0 Å². The Labute approximate surface area is 154 Å². The molecule has 0 aliphatic carbocycles. The van der Waals surface area contributed by atoms with E-state index in [0.717, 1.165) is 54.2 Å². The van der Waals surface area contributed by atoms with E-state index in [4.69, 9.17) is 14.7 Å². The van der Waals surface area contributed by atoms with Gasteiger partial charge in [-0.25, -0.2) is 9.97 Å². The van der Waals surface area contributed by atoms with Crippen LogP contribution in [-0.2, 0) is 0 Å². The summed E-state index contributed by atoms with van der Waals surface area (Å²) in [4.78, 5) is 13.6. The molecular weight excluding hydrogens is 332 g/mol. The third-order valence-electron chi connectivity index (χ3n) is 4.33. The highest BCUT2D eigenvalue weighted by molar-refractivity contribution is 7.99. The largest absolute Gasteiger partial charge is 0.497 e. The SMILES string of the molecule is COc1ccc(-c2nc(SC(C)C)cc(N3CC[NH+](C)CC3)n2)cc1. The fourth-order valence-corrected chi connectivity index (χ4v) is 3.66. The standard InChI is InChI=1S/C19H26N4OS/c1-14(2)25-18-13-17(23-11-9-22(3)10-12-23)20-19(21-18)15-5-7-16(24-4)8-6-15/h5-8,13-14H,9-12H2,1-4H3/p+1. The number of thioether (sulfide) groups is 1. The molecule has 1 fully saturated rings. The number of likely N-dealkylation sites (N-methyl/N-ethyl adjacent to an activating group) is 1. The average molecular weight is 360 g/mol. The van der Waals surface area contributed by atoms with E-state index in [2.05, 4.69) is 31.9 Å². The van der Waals surface area contributed by atoms with Gasteiger partial charge in [-0.1, -0.05) is 13.8 Å². The number of methoxy groups -OCH3 is 1. The van der Waals surface area contributed by atoms with Gasteiger partial charge in [0.1, 0.15) is 16.6 Å². The number of aromatic nitrogens is 2. The first-order valence-electron chi connectivity index (χ1n) is 8.81. The van der Waals surface area contributed by atoms with E-state index in [1.807, 2.05) is 24.3 Å². The second-order valence-corrected chi connectivity index (χ2v) is 8.32. The molecule has 5 nitrogen and oxygen atoms in total. The number of rotatable bonds is 5. The van der Waals surface area contributed by atoms with E-state index in [1.165, 1.54) is 0 Å². The number of hydrogen-bond donors (Lipinski definition) is 1. The summed E-state index contributed by atoms with van der Waals surface area (Å²) in [7, 11) is 3.93. The molecule has 0 spiro atoms. The maximum atomic E-state index is 5.25. The molecule has 0 atom stereocenters. The van der Waals surface area contributed by atoms with Gasteiger partial charge in [-0.05, 0) is 24.3 Å². The lowest BCUT2D eigenvalue weighted by molar-refractivity contribution is -0.880. The van der Waals surface area contributed by atoms with Crippen molar-refractivity contribution in [2.75, 3.05) is 45.2 Å². The van der Waals surface area contributed by atoms with Crippen molar-refractivity contribution >= 4 is 17.6 Å². The zero-order valence-electron chi connectivity index (χ0n) is 15.5. The monoisotopic (exact) mass is 359 g/mol. The zero-order chi connectivity index (χ0) is 17.8. The van der Waals surface area contributed by atoms with Gasteiger partial charge in [-0.15, -0.1) is 11.8 Å². The molecule has 1 aromatic carbocycles. The Morgan fingerprint density at radius 1 is 1.12 bits per heavy atom. The van der Waals surface area contributed by atoms with Crippen molar-refractivity contribution in [3.05, 3.63) is 30.3 Å². The summed E-state index contributed by atoms with van der Waals surface area (Å²) in [5, 5.41) is 1.53. The topological polar surface area (TPSA) is 42.7 Å². The number of piperazine rings is 1. The van der Waals surface area contributed by atoms with E-state index in [1.54, 1.807) is 23.8 Å². The molecule has 6 heteroatoms. The van der Waals surface area contributed by atoms with E-state index < -0.39 is 0 Å². The molecule has 0 saturated carbocycles. The summed E-state index contributed by atoms with van der Waals surface area (Å²) in [6.45, 7) is 8.76. The fraction of sp³-hybridized carbons (Fsp3) is 0.474. The molecule has 134 valence electrons. The first-order chi connectivity index (χ1) is 12.0. The molecule has 0 unspecified atom stereocenters. The van der Waals surface area contributed by atoms with Crippen molar-refractivity contribution in [1.29, 1.82) is 0 Å². The van der Waals surface area contributed by atoms with Crippen LogP contribution >= 0.6 is 11.8 Å². The normalized spacial score (nSPS) is 15.6. The quantitative estimate of drug-likeness (QED) is 0.653. The highest BCUT2D eigenvalue weighted by Crippen LogP contribution is 2.28. The van der Waals surface area contributed by atoms with Crippen LogP contribution < -0.4 is 14.5 Å². The molecule has 1 saturated heterocycles. The van der Waals surface area contributed by atoms with Crippen LogP contribution in [0.15, 0.2) is 35.4 Å². The van der Waals surface area contributed by atoms with Crippen molar-refractivity contribution in [3.8, 4) is 17.1 Å². The van der Waals surface area contributed by atoms with Crippen LogP contribution in [0.4, 0.5) is 5.82 Å². The summed E-state index contributed by atoms with van der Waals surface area (Å²) in [6.07, 6.45) is 0. The lowest BCUT2D eigenvalue weighted by Gasteiger charge is -2.31. The van der Waals surface area contributed by atoms with E-state index >= 15 is 0 Å². The molecule has 0 radical (unpaired) electrons. The first-order valence-corrected chi connectivity index (χ1v) is 9.69. The minimum Gasteiger partial charge on any atom is -0.497 e. The summed E-state index contributed by atoms with van der Waals surface area (Å²) in [5.41, 5.74) is 1.02. The van der Waals surface area contributed by atoms with Crippen molar-refractivity contribution in [2.45, 2.75) is 24.1 Å². The number of benzene rings is 1. The molecule has 0 amide bonds. The lowest BCUT2D eigenvalue weighted by atomic mass is 10.2. The molecule has 1 aliphatic rings. The van der Waals surface area contributed by atoms with Gasteiger partial charge >= 0.3 is 0 Å². The van der Waals surface area contributed by atoms with Crippen LogP contribution in [0.5, 0.6) is 5.75 Å². The van der Waals surface area contributed by atoms with Crippen molar-refractivity contribution in [2.24, 2.45) is 0 Å². The third-order valence-corrected chi connectivity index (χ3v) is 5.26. The summed E-state index contributed by atoms with van der Waals surface area (Å²) >= 11 is 1.79. The van der Waals surface area contributed by atoms with Crippen LogP contribution in [0.1, 0.15) is 13.8 Å². The summed E-state index contributed by atoms with van der Waals surface area (Å²) < 4.78 is 5.25. The number of anilines is 1. The Kier molecular flexibility index (Phi) is 5.81. The molecule has 0 bridgehead atoms. The van der Waals surface area contributed by atoms with E-state index in [-0.39, 0.29) is 0 Å². The summed E-state index contributed by atoms with van der Waals surface area (Å²) in [6, 6.07) is 10.1. The lowest BCUT2D eigenvalue weighted by Crippen LogP contribution is -3.12. The maximum Gasteiger partial charge on any atom is 0.162 e. The Morgan fingerprint density at radius 3 is 2.40 bits per heavy atom. The van der Waals surface area contributed by atoms with Crippen LogP contribution in [0.2, 0.25) is 0 Å². The van der Waals surface area contributed by atoms with Crippen molar-refractivity contribution in [1.82, 2.24) is 9.97 Å². The minimum atomic E-state index is 0.489. The van der Waals surface area contributed by atoms with Gasteiger partial charge in [0.15, 0.2) is 5.82 Å². The highest BCUT2D eigenvalue weighted by Gasteiger charge is 2.20. The molecule has 1 aliphatic heterocycles. The maximum absolute atomic E-state index is 5.25. The van der Waals surface area contributed by atoms with Crippen LogP contribution in [0, 0.1) is 0 Å². The Bertz CT molecular complexity index is 697. The van der Waals surface area contributed by atoms with Gasteiger partial charge in [-0.3, -0.25) is 0 Å². The molecule has 2 aromatic rings. The molecule has 25 heavy (non-hydrogen) atoms. The first kappa shape index (κ1) is 18.0. The fourth-order valence-electron chi connectivity index (χ4n) is 2.86. The highest BCUT2D eigenvalue weighted by atomic mass is 32.2. The Morgan fingerprint density at radius 2 is 1.80 bits per heavy atom. The number of quaternary nitrogens is 1. The molecule has 1 N–H and O–H groups in total. The molecule has 3 rings (SSSR count). The van der Waals surface area contributed by atoms with Gasteiger partial charge in [0.05, 0.1) is 40.3 Å². The molecule has 2 heterocycles. The van der Waals surface area contributed by atoms with Crippen molar-refractivity contribution < 1.29 is 9.64 Å². The number of hydrogen-bond acceptors (Lipinski definition) is 5. The molecular formula is C19H27N4OS+. The van der Waals surface area contributed by atoms with Gasteiger partial charge in [0, 0.05) is 16.9 Å². The number of ether oxygens (including phenoxy) is 1. The van der Waals surface area contributed by atoms with Crippen LogP contribution in [0.25, 0.3) is 11.4 Å². The Hall–Kier alpha value is -1.79. The average Bonchev–Trinajstić information content (AvgIpc) is 2.61. The van der Waals surface area contributed by atoms with Gasteiger partial charge in [0.25, 0.3) is 0 Å². The Balaban J connectivity index is 1.94. The third kappa shape index (κ3) is 4.64. The van der Waals surface area contributed by atoms with Gasteiger partial charge in [-0.2, -0.15) is 0 Å². The van der Waals surface area contributed by atoms with E-state index in [9.17, 15) is 0 Å². The van der Waals surface area contributed by atoms with Crippen LogP contribution in [-0.4, -0.2) is 55.6 Å². The van der Waals surface area contributed by atoms with Crippen molar-refractivity contribution in [3.63, 3.8) is 0 Å². The smallest absolute Gasteiger partial charge is 0.162 e. The van der Waals surface area contributed by atoms with Gasteiger partial charge < -0.3 is 14.5 Å². The van der Waals surface area contributed by atoms with E-state index in [0.29, 0.717) is 5.25 Å². The molecule has 1 aromatic heterocycles. The second-order valence-electron chi connectivity index (χ2n) is 6.73. The zero-order valence-corrected chi connectivity index (χ0v) is 16.3.